The monoisotopic (exact) mass is 398 g/mol. The summed E-state index contributed by atoms with van der Waals surface area (Å²) in [4.78, 5) is 14.8. The van der Waals surface area contributed by atoms with Gasteiger partial charge in [0.15, 0.2) is 11.6 Å². The number of piperidine rings is 1. The smallest absolute Gasteiger partial charge is 0.241 e. The van der Waals surface area contributed by atoms with E-state index in [1.165, 1.54) is 17.1 Å². The van der Waals surface area contributed by atoms with E-state index >= 15 is 0 Å². The highest BCUT2D eigenvalue weighted by Crippen LogP contribution is 2.23. The Morgan fingerprint density at radius 1 is 1.14 bits per heavy atom. The minimum atomic E-state index is -0.872. The number of aromatic nitrogens is 4. The Labute approximate surface area is 166 Å². The molecule has 1 aliphatic heterocycles. The highest BCUT2D eigenvalue weighted by Gasteiger charge is 2.29. The van der Waals surface area contributed by atoms with Crippen molar-refractivity contribution < 1.29 is 13.6 Å². The third-order valence-electron chi connectivity index (χ3n) is 5.07. The number of amides is 1. The van der Waals surface area contributed by atoms with Gasteiger partial charge in [0, 0.05) is 17.8 Å². The number of benzene rings is 2. The second-order valence-corrected chi connectivity index (χ2v) is 6.99. The Morgan fingerprint density at radius 2 is 1.97 bits per heavy atom. The van der Waals surface area contributed by atoms with Crippen LogP contribution < -0.4 is 5.32 Å². The van der Waals surface area contributed by atoms with Gasteiger partial charge in [-0.3, -0.25) is 9.69 Å². The summed E-state index contributed by atoms with van der Waals surface area (Å²) in [6.45, 7) is 0.853. The molecule has 2 heterocycles. The molecule has 1 fully saturated rings. The third-order valence-corrected chi connectivity index (χ3v) is 5.07. The molecule has 0 saturated carbocycles. The van der Waals surface area contributed by atoms with Gasteiger partial charge in [0.2, 0.25) is 5.91 Å². The molecule has 0 bridgehead atoms. The molecule has 1 N–H and O–H groups in total. The van der Waals surface area contributed by atoms with Crippen molar-refractivity contribution in [2.24, 2.45) is 0 Å². The predicted octanol–water partition coefficient (Wildman–Crippen LogP) is 2.93. The van der Waals surface area contributed by atoms with Crippen LogP contribution in [0.5, 0.6) is 0 Å². The highest BCUT2D eigenvalue weighted by atomic mass is 19.2. The molecule has 3 aromatic rings. The third kappa shape index (κ3) is 4.29. The normalized spacial score (nSPS) is 17.2. The van der Waals surface area contributed by atoms with Crippen LogP contribution in [0.4, 0.5) is 14.5 Å². The molecule has 150 valence electrons. The van der Waals surface area contributed by atoms with Crippen molar-refractivity contribution in [2.45, 2.75) is 31.8 Å². The number of nitrogens with one attached hydrogen (secondary N) is 1. The zero-order valence-electron chi connectivity index (χ0n) is 15.6. The van der Waals surface area contributed by atoms with Gasteiger partial charge in [0.05, 0.1) is 11.7 Å². The van der Waals surface area contributed by atoms with Crippen molar-refractivity contribution in [1.29, 1.82) is 0 Å². The van der Waals surface area contributed by atoms with E-state index in [0.29, 0.717) is 18.7 Å². The minimum absolute atomic E-state index is 0.156. The van der Waals surface area contributed by atoms with Crippen molar-refractivity contribution >= 4 is 11.6 Å². The summed E-state index contributed by atoms with van der Waals surface area (Å²) in [5, 5.41) is 13.9. The van der Waals surface area contributed by atoms with Crippen LogP contribution in [0.15, 0.2) is 48.8 Å². The lowest BCUT2D eigenvalue weighted by Gasteiger charge is -2.34. The van der Waals surface area contributed by atoms with Crippen LogP contribution >= 0.6 is 0 Å². The van der Waals surface area contributed by atoms with Crippen LogP contribution in [0.3, 0.4) is 0 Å². The summed E-state index contributed by atoms with van der Waals surface area (Å²) >= 11 is 0. The summed E-state index contributed by atoms with van der Waals surface area (Å²) in [5.41, 5.74) is 1.68. The number of rotatable bonds is 5. The molecule has 1 atom stereocenters. The maximum Gasteiger partial charge on any atom is 0.241 e. The predicted molar refractivity (Wildman–Crippen MR) is 102 cm³/mol. The lowest BCUT2D eigenvalue weighted by molar-refractivity contribution is -0.122. The molecule has 1 saturated heterocycles. The van der Waals surface area contributed by atoms with Gasteiger partial charge in [-0.15, -0.1) is 5.10 Å². The maximum absolute atomic E-state index is 14.1. The number of hydrogen-bond donors (Lipinski definition) is 1. The zero-order chi connectivity index (χ0) is 20.2. The molecular weight excluding hydrogens is 378 g/mol. The Hall–Kier alpha value is -3.20. The Bertz CT molecular complexity index is 977. The van der Waals surface area contributed by atoms with Crippen LogP contribution in [0.25, 0.3) is 5.69 Å². The fourth-order valence-electron chi connectivity index (χ4n) is 3.57. The van der Waals surface area contributed by atoms with E-state index < -0.39 is 17.7 Å². The molecule has 1 unspecified atom stereocenters. The van der Waals surface area contributed by atoms with E-state index in [1.54, 1.807) is 30.3 Å². The summed E-state index contributed by atoms with van der Waals surface area (Å²) in [6.07, 6.45) is 3.99. The SMILES string of the molecule is O=C(Nc1ccc(-n2cnnn2)cc1)C1CCCCN1Cc1cccc(F)c1F. The van der Waals surface area contributed by atoms with E-state index in [-0.39, 0.29) is 18.0 Å². The van der Waals surface area contributed by atoms with Gasteiger partial charge < -0.3 is 5.32 Å². The standard InChI is InChI=1S/C20H20F2N6O/c21-17-5-3-4-14(19(17)22)12-27-11-2-1-6-18(27)20(29)24-15-7-9-16(10-8-15)28-13-23-25-26-28/h3-5,7-10,13,18H,1-2,6,11-12H2,(H,24,29). The number of halogens is 2. The van der Waals surface area contributed by atoms with Crippen molar-refractivity contribution in [2.75, 3.05) is 11.9 Å². The number of likely N-dealkylation sites (tertiary alicyclic amines) is 1. The number of nitrogens with zero attached hydrogens (tertiary/aromatic N) is 5. The molecule has 0 aliphatic carbocycles. The molecule has 4 rings (SSSR count). The fourth-order valence-corrected chi connectivity index (χ4v) is 3.57. The van der Waals surface area contributed by atoms with E-state index in [9.17, 15) is 13.6 Å². The number of carbonyl (C=O) groups is 1. The van der Waals surface area contributed by atoms with Crippen LogP contribution in [0.2, 0.25) is 0 Å². The second-order valence-electron chi connectivity index (χ2n) is 6.99. The molecule has 29 heavy (non-hydrogen) atoms. The molecule has 1 amide bonds. The van der Waals surface area contributed by atoms with Crippen molar-refractivity contribution in [3.63, 3.8) is 0 Å². The van der Waals surface area contributed by atoms with Gasteiger partial charge in [0.1, 0.15) is 6.33 Å². The first-order chi connectivity index (χ1) is 14.1. The van der Waals surface area contributed by atoms with Crippen LogP contribution in [0.1, 0.15) is 24.8 Å². The van der Waals surface area contributed by atoms with Gasteiger partial charge in [-0.25, -0.2) is 13.5 Å². The lowest BCUT2D eigenvalue weighted by atomic mass is 10.00. The van der Waals surface area contributed by atoms with Gasteiger partial charge in [0.25, 0.3) is 0 Å². The van der Waals surface area contributed by atoms with Crippen molar-refractivity contribution in [1.82, 2.24) is 25.1 Å². The fraction of sp³-hybridized carbons (Fsp3) is 0.300. The van der Waals surface area contributed by atoms with Crippen molar-refractivity contribution in [3.05, 3.63) is 66.0 Å². The molecule has 0 radical (unpaired) electrons. The topological polar surface area (TPSA) is 75.9 Å². The number of tetrazole rings is 1. The largest absolute Gasteiger partial charge is 0.325 e. The summed E-state index contributed by atoms with van der Waals surface area (Å²) in [5.74, 6) is -1.88. The Balaban J connectivity index is 1.45. The molecule has 0 spiro atoms. The van der Waals surface area contributed by atoms with Gasteiger partial charge in [-0.1, -0.05) is 18.6 Å². The first-order valence-electron chi connectivity index (χ1n) is 9.43. The molecule has 1 aromatic heterocycles. The average Bonchev–Trinajstić information content (AvgIpc) is 3.27. The van der Waals surface area contributed by atoms with E-state index in [2.05, 4.69) is 20.8 Å². The molecule has 2 aromatic carbocycles. The van der Waals surface area contributed by atoms with Crippen LogP contribution in [0, 0.1) is 11.6 Å². The second kappa shape index (κ2) is 8.44. The first kappa shape index (κ1) is 19.1. The molecule has 9 heteroatoms. The summed E-state index contributed by atoms with van der Waals surface area (Å²) in [7, 11) is 0. The van der Waals surface area contributed by atoms with E-state index in [0.717, 1.165) is 24.6 Å². The minimum Gasteiger partial charge on any atom is -0.325 e. The maximum atomic E-state index is 14.1. The number of anilines is 1. The van der Waals surface area contributed by atoms with Gasteiger partial charge in [-0.2, -0.15) is 0 Å². The van der Waals surface area contributed by atoms with E-state index in [1.807, 2.05) is 4.90 Å². The average molecular weight is 398 g/mol. The summed E-state index contributed by atoms with van der Waals surface area (Å²) < 4.78 is 29.1. The number of hydrogen-bond acceptors (Lipinski definition) is 5. The van der Waals surface area contributed by atoms with Crippen LogP contribution in [-0.2, 0) is 11.3 Å². The highest BCUT2D eigenvalue weighted by molar-refractivity contribution is 5.95. The Morgan fingerprint density at radius 3 is 2.72 bits per heavy atom. The molecule has 7 nitrogen and oxygen atoms in total. The first-order valence-corrected chi connectivity index (χ1v) is 9.43. The van der Waals surface area contributed by atoms with Crippen LogP contribution in [-0.4, -0.2) is 43.6 Å². The quantitative estimate of drug-likeness (QED) is 0.715. The lowest BCUT2D eigenvalue weighted by Crippen LogP contribution is -2.46. The molecule has 1 aliphatic rings. The number of carbonyl (C=O) groups excluding carboxylic acids is 1. The van der Waals surface area contributed by atoms with Crippen molar-refractivity contribution in [3.8, 4) is 5.69 Å². The Kier molecular flexibility index (Phi) is 5.57. The van der Waals surface area contributed by atoms with E-state index in [4.69, 9.17) is 0 Å². The zero-order valence-corrected chi connectivity index (χ0v) is 15.6. The van der Waals surface area contributed by atoms with Gasteiger partial charge >= 0.3 is 0 Å². The molecular formula is C20H20F2N6O. The van der Waals surface area contributed by atoms with Gasteiger partial charge in [-0.05, 0) is 60.1 Å². The summed E-state index contributed by atoms with van der Waals surface area (Å²) in [6, 6.07) is 10.9.